The van der Waals surface area contributed by atoms with Crippen molar-refractivity contribution in [1.29, 1.82) is 0 Å². The highest BCUT2D eigenvalue weighted by molar-refractivity contribution is 7.19. The second-order valence-corrected chi connectivity index (χ2v) is 6.87. The van der Waals surface area contributed by atoms with Crippen LogP contribution in [-0.2, 0) is 12.8 Å². The molecule has 2 aromatic heterocycles. The topological polar surface area (TPSA) is 37.8 Å². The van der Waals surface area contributed by atoms with Gasteiger partial charge in [-0.05, 0) is 44.1 Å². The van der Waals surface area contributed by atoms with Gasteiger partial charge in [0.15, 0.2) is 0 Å². The monoisotopic (exact) mass is 275 g/mol. The molecule has 0 atom stereocenters. The number of hydrogen-bond donors (Lipinski definition) is 1. The number of thiophene rings is 1. The molecule has 0 aliphatic heterocycles. The number of nitrogens with one attached hydrogen (secondary N) is 1. The first-order valence-corrected chi connectivity index (χ1v) is 7.99. The molecule has 0 aromatic carbocycles. The minimum absolute atomic E-state index is 0.625. The molecule has 2 aromatic rings. The minimum atomic E-state index is 0.625. The average Bonchev–Trinajstić information content (AvgIpc) is 2.73. The van der Waals surface area contributed by atoms with Crippen molar-refractivity contribution in [2.24, 2.45) is 5.92 Å². The van der Waals surface area contributed by atoms with Gasteiger partial charge in [-0.25, -0.2) is 9.97 Å². The van der Waals surface area contributed by atoms with Crippen molar-refractivity contribution < 1.29 is 0 Å². The third-order valence-electron chi connectivity index (χ3n) is 3.60. The second-order valence-electron chi connectivity index (χ2n) is 5.79. The molecule has 0 unspecified atom stereocenters. The van der Waals surface area contributed by atoms with Crippen molar-refractivity contribution in [3.8, 4) is 0 Å². The van der Waals surface area contributed by atoms with Gasteiger partial charge in [0.25, 0.3) is 0 Å². The van der Waals surface area contributed by atoms with Crippen LogP contribution in [0.4, 0.5) is 5.82 Å². The summed E-state index contributed by atoms with van der Waals surface area (Å²) < 4.78 is 0. The maximum absolute atomic E-state index is 4.64. The zero-order chi connectivity index (χ0) is 13.4. The zero-order valence-electron chi connectivity index (χ0n) is 11.9. The van der Waals surface area contributed by atoms with E-state index in [0.29, 0.717) is 5.92 Å². The number of anilines is 1. The molecule has 0 amide bonds. The molecule has 0 saturated carbocycles. The van der Waals surface area contributed by atoms with E-state index in [-0.39, 0.29) is 0 Å². The molecule has 4 heteroatoms. The summed E-state index contributed by atoms with van der Waals surface area (Å²) >= 11 is 1.87. The molecular weight excluding hydrogens is 254 g/mol. The van der Waals surface area contributed by atoms with E-state index in [1.807, 2.05) is 18.3 Å². The van der Waals surface area contributed by atoms with Crippen molar-refractivity contribution in [3.63, 3.8) is 0 Å². The van der Waals surface area contributed by atoms with E-state index < -0.39 is 0 Å². The largest absolute Gasteiger partial charge is 0.369 e. The fourth-order valence-electron chi connectivity index (χ4n) is 2.69. The van der Waals surface area contributed by atoms with Crippen LogP contribution in [-0.4, -0.2) is 16.5 Å². The van der Waals surface area contributed by atoms with E-state index in [9.17, 15) is 0 Å². The molecule has 0 radical (unpaired) electrons. The van der Waals surface area contributed by atoms with Gasteiger partial charge in [0.05, 0.1) is 5.39 Å². The number of rotatable bonds is 3. The van der Waals surface area contributed by atoms with Gasteiger partial charge in [-0.2, -0.15) is 0 Å². The summed E-state index contributed by atoms with van der Waals surface area (Å²) in [5.41, 5.74) is 1.51. The number of aryl methyl sites for hydroxylation is 3. The maximum atomic E-state index is 4.64. The molecule has 0 bridgehead atoms. The Bertz CT molecular complexity index is 601. The highest BCUT2D eigenvalue weighted by Gasteiger charge is 2.20. The van der Waals surface area contributed by atoms with Crippen LogP contribution in [0.1, 0.15) is 43.0 Å². The predicted molar refractivity (Wildman–Crippen MR) is 82.1 cm³/mol. The van der Waals surface area contributed by atoms with Gasteiger partial charge >= 0.3 is 0 Å². The van der Waals surface area contributed by atoms with Gasteiger partial charge in [-0.15, -0.1) is 11.3 Å². The van der Waals surface area contributed by atoms with Gasteiger partial charge in [-0.3, -0.25) is 0 Å². The summed E-state index contributed by atoms with van der Waals surface area (Å²) in [6, 6.07) is 0. The molecule has 0 spiro atoms. The van der Waals surface area contributed by atoms with E-state index in [1.54, 1.807) is 0 Å². The number of nitrogens with zero attached hydrogens (tertiary/aromatic N) is 2. The van der Waals surface area contributed by atoms with Crippen LogP contribution < -0.4 is 5.32 Å². The number of aromatic nitrogens is 2. The zero-order valence-corrected chi connectivity index (χ0v) is 12.7. The minimum Gasteiger partial charge on any atom is -0.369 e. The van der Waals surface area contributed by atoms with Crippen LogP contribution in [0.25, 0.3) is 10.2 Å². The first-order chi connectivity index (χ1) is 9.15. The molecule has 102 valence electrons. The fourth-order valence-corrected chi connectivity index (χ4v) is 4.00. The van der Waals surface area contributed by atoms with Crippen LogP contribution in [0.3, 0.4) is 0 Å². The van der Waals surface area contributed by atoms with Gasteiger partial charge < -0.3 is 5.32 Å². The van der Waals surface area contributed by atoms with Gasteiger partial charge in [-0.1, -0.05) is 13.8 Å². The second kappa shape index (κ2) is 5.08. The van der Waals surface area contributed by atoms with Crippen LogP contribution in [0.15, 0.2) is 0 Å². The molecule has 19 heavy (non-hydrogen) atoms. The summed E-state index contributed by atoms with van der Waals surface area (Å²) in [6.07, 6.45) is 5.04. The Morgan fingerprint density at radius 3 is 2.79 bits per heavy atom. The number of hydrogen-bond acceptors (Lipinski definition) is 4. The molecule has 0 fully saturated rings. The molecule has 1 aliphatic rings. The van der Waals surface area contributed by atoms with Crippen LogP contribution in [0, 0.1) is 12.8 Å². The van der Waals surface area contributed by atoms with Crippen LogP contribution in [0.2, 0.25) is 0 Å². The third kappa shape index (κ3) is 2.46. The molecule has 2 heterocycles. The van der Waals surface area contributed by atoms with E-state index in [2.05, 4.69) is 29.1 Å². The van der Waals surface area contributed by atoms with E-state index in [4.69, 9.17) is 0 Å². The SMILES string of the molecule is Cc1nc(NCC(C)C)c2c3c(sc2n1)CCCC3. The Kier molecular flexibility index (Phi) is 3.44. The van der Waals surface area contributed by atoms with Crippen molar-refractivity contribution in [2.75, 3.05) is 11.9 Å². The van der Waals surface area contributed by atoms with Crippen molar-refractivity contribution >= 4 is 27.4 Å². The van der Waals surface area contributed by atoms with E-state index in [0.717, 1.165) is 18.2 Å². The molecule has 0 saturated heterocycles. The molecule has 1 N–H and O–H groups in total. The Morgan fingerprint density at radius 2 is 2.00 bits per heavy atom. The highest BCUT2D eigenvalue weighted by Crippen LogP contribution is 2.38. The Balaban J connectivity index is 2.10. The summed E-state index contributed by atoms with van der Waals surface area (Å²) in [7, 11) is 0. The van der Waals surface area contributed by atoms with Crippen LogP contribution in [0.5, 0.6) is 0 Å². The smallest absolute Gasteiger partial charge is 0.138 e. The molecule has 3 nitrogen and oxygen atoms in total. The Labute approximate surface area is 118 Å². The van der Waals surface area contributed by atoms with Gasteiger partial charge in [0.2, 0.25) is 0 Å². The standard InChI is InChI=1S/C15H21N3S/c1-9(2)8-16-14-13-11-6-4-5-7-12(11)19-15(13)18-10(3)17-14/h9H,4-8H2,1-3H3,(H,16,17,18). The first-order valence-electron chi connectivity index (χ1n) is 7.18. The maximum Gasteiger partial charge on any atom is 0.138 e. The Morgan fingerprint density at radius 1 is 1.21 bits per heavy atom. The summed E-state index contributed by atoms with van der Waals surface area (Å²) in [4.78, 5) is 12.0. The lowest BCUT2D eigenvalue weighted by molar-refractivity contribution is 0.686. The van der Waals surface area contributed by atoms with E-state index in [1.165, 1.54) is 46.3 Å². The predicted octanol–water partition coefficient (Wildman–Crippen LogP) is 3.95. The highest BCUT2D eigenvalue weighted by atomic mass is 32.1. The van der Waals surface area contributed by atoms with Crippen LogP contribution >= 0.6 is 11.3 Å². The summed E-state index contributed by atoms with van der Waals surface area (Å²) in [6.45, 7) is 7.40. The lowest BCUT2D eigenvalue weighted by Gasteiger charge is -2.13. The van der Waals surface area contributed by atoms with Gasteiger partial charge in [0.1, 0.15) is 16.5 Å². The van der Waals surface area contributed by atoms with Crippen molar-refractivity contribution in [3.05, 3.63) is 16.3 Å². The van der Waals surface area contributed by atoms with Gasteiger partial charge in [0, 0.05) is 11.4 Å². The molecule has 1 aliphatic carbocycles. The molecular formula is C15H21N3S. The number of fused-ring (bicyclic) bond motifs is 3. The lowest BCUT2D eigenvalue weighted by atomic mass is 9.97. The lowest BCUT2D eigenvalue weighted by Crippen LogP contribution is -2.11. The third-order valence-corrected chi connectivity index (χ3v) is 4.79. The quantitative estimate of drug-likeness (QED) is 0.921. The average molecular weight is 275 g/mol. The Hall–Kier alpha value is -1.16. The van der Waals surface area contributed by atoms with E-state index >= 15 is 0 Å². The normalized spacial score (nSPS) is 14.9. The summed E-state index contributed by atoms with van der Waals surface area (Å²) in [5.74, 6) is 2.55. The van der Waals surface area contributed by atoms with Crippen molar-refractivity contribution in [1.82, 2.24) is 9.97 Å². The first kappa shape index (κ1) is 12.9. The van der Waals surface area contributed by atoms with Crippen molar-refractivity contribution in [2.45, 2.75) is 46.5 Å². The molecule has 3 rings (SSSR count). The fraction of sp³-hybridized carbons (Fsp3) is 0.600. The summed E-state index contributed by atoms with van der Waals surface area (Å²) in [5, 5.41) is 4.82.